The molecule has 22 heavy (non-hydrogen) atoms. The average molecular weight is 288 g/mol. The van der Waals surface area contributed by atoms with E-state index in [9.17, 15) is 0 Å². The van der Waals surface area contributed by atoms with Crippen molar-refractivity contribution in [3.8, 4) is 11.4 Å². The Hall–Kier alpha value is -2.48. The zero-order valence-electron chi connectivity index (χ0n) is 13.3. The van der Waals surface area contributed by atoms with Crippen LogP contribution < -0.4 is 0 Å². The van der Waals surface area contributed by atoms with Gasteiger partial charge in [-0.05, 0) is 56.0 Å². The molecule has 1 aromatic heterocycles. The second-order valence-electron chi connectivity index (χ2n) is 5.74. The van der Waals surface area contributed by atoms with E-state index in [0.29, 0.717) is 0 Å². The van der Waals surface area contributed by atoms with Crippen LogP contribution in [-0.2, 0) is 0 Å². The van der Waals surface area contributed by atoms with Gasteiger partial charge in [-0.1, -0.05) is 42.0 Å². The molecule has 0 unspecified atom stereocenters. The number of allylic oxidation sites excluding steroid dienone is 6. The maximum absolute atomic E-state index is 4.75. The van der Waals surface area contributed by atoms with E-state index in [4.69, 9.17) is 4.98 Å². The van der Waals surface area contributed by atoms with Crippen LogP contribution >= 0.6 is 0 Å². The molecule has 0 spiro atoms. The van der Waals surface area contributed by atoms with Crippen LogP contribution in [0.25, 0.3) is 17.0 Å². The summed E-state index contributed by atoms with van der Waals surface area (Å²) in [7, 11) is 0. The minimum Gasteiger partial charge on any atom is -0.237 e. The van der Waals surface area contributed by atoms with Gasteiger partial charge in [-0.2, -0.15) is 0 Å². The van der Waals surface area contributed by atoms with Crippen molar-refractivity contribution in [1.82, 2.24) is 9.97 Å². The van der Waals surface area contributed by atoms with Crippen LogP contribution in [0.5, 0.6) is 0 Å². The lowest BCUT2D eigenvalue weighted by molar-refractivity contribution is 1.15. The van der Waals surface area contributed by atoms with E-state index in [1.54, 1.807) is 0 Å². The number of aryl methyl sites for hydroxylation is 2. The molecule has 0 saturated heterocycles. The Morgan fingerprint density at radius 3 is 2.59 bits per heavy atom. The van der Waals surface area contributed by atoms with Gasteiger partial charge in [0, 0.05) is 11.8 Å². The first kappa shape index (κ1) is 14.5. The summed E-state index contributed by atoms with van der Waals surface area (Å²) in [5, 5.41) is 0. The molecule has 0 atom stereocenters. The minimum absolute atomic E-state index is 0.781. The molecular weight excluding hydrogens is 268 g/mol. The molecule has 0 amide bonds. The first-order chi connectivity index (χ1) is 10.6. The summed E-state index contributed by atoms with van der Waals surface area (Å²) in [6.07, 6.45) is 11.5. The molecule has 0 radical (unpaired) electrons. The molecule has 0 fully saturated rings. The lowest BCUT2D eigenvalue weighted by atomic mass is 10.1. The zero-order chi connectivity index (χ0) is 15.5. The van der Waals surface area contributed by atoms with E-state index in [0.717, 1.165) is 29.1 Å². The molecule has 1 heterocycles. The van der Waals surface area contributed by atoms with Crippen LogP contribution in [0.1, 0.15) is 30.2 Å². The van der Waals surface area contributed by atoms with E-state index in [1.165, 1.54) is 16.7 Å². The summed E-state index contributed by atoms with van der Waals surface area (Å²) in [4.78, 5) is 9.19. The normalized spacial score (nSPS) is 14.3. The largest absolute Gasteiger partial charge is 0.237 e. The molecular formula is C20H20N2. The maximum Gasteiger partial charge on any atom is 0.159 e. The van der Waals surface area contributed by atoms with Crippen molar-refractivity contribution in [1.29, 1.82) is 0 Å². The van der Waals surface area contributed by atoms with Gasteiger partial charge in [-0.25, -0.2) is 9.97 Å². The van der Waals surface area contributed by atoms with Gasteiger partial charge in [-0.15, -0.1) is 0 Å². The van der Waals surface area contributed by atoms with Crippen LogP contribution in [0.4, 0.5) is 0 Å². The second-order valence-corrected chi connectivity index (χ2v) is 5.74. The molecule has 2 nitrogen and oxygen atoms in total. The Morgan fingerprint density at radius 2 is 1.77 bits per heavy atom. The molecule has 3 rings (SSSR count). The highest BCUT2D eigenvalue weighted by Gasteiger charge is 2.07. The first-order valence-electron chi connectivity index (χ1n) is 7.59. The number of aromatic nitrogens is 2. The highest BCUT2D eigenvalue weighted by atomic mass is 14.9. The maximum atomic E-state index is 4.75. The van der Waals surface area contributed by atoms with Crippen molar-refractivity contribution in [2.45, 2.75) is 27.2 Å². The van der Waals surface area contributed by atoms with Gasteiger partial charge in [0.15, 0.2) is 5.82 Å². The van der Waals surface area contributed by atoms with Crippen molar-refractivity contribution < 1.29 is 0 Å². The topological polar surface area (TPSA) is 25.8 Å². The summed E-state index contributed by atoms with van der Waals surface area (Å²) in [5.74, 6) is 0.781. The molecule has 0 aliphatic heterocycles. The molecule has 110 valence electrons. The number of nitrogens with zero attached hydrogens (tertiary/aromatic N) is 2. The predicted molar refractivity (Wildman–Crippen MR) is 92.4 cm³/mol. The fourth-order valence-electron chi connectivity index (χ4n) is 2.46. The number of hydrogen-bond acceptors (Lipinski definition) is 2. The third kappa shape index (κ3) is 3.06. The summed E-state index contributed by atoms with van der Waals surface area (Å²) in [5.41, 5.74) is 7.03. The summed E-state index contributed by atoms with van der Waals surface area (Å²) < 4.78 is 0. The van der Waals surface area contributed by atoms with Crippen molar-refractivity contribution in [2.75, 3.05) is 0 Å². The van der Waals surface area contributed by atoms with Gasteiger partial charge in [0.1, 0.15) is 0 Å². The Labute approximate surface area is 132 Å². The third-order valence-electron chi connectivity index (χ3n) is 4.02. The molecule has 2 aromatic rings. The fourth-order valence-corrected chi connectivity index (χ4v) is 2.46. The van der Waals surface area contributed by atoms with Gasteiger partial charge in [-0.3, -0.25) is 0 Å². The van der Waals surface area contributed by atoms with Gasteiger partial charge < -0.3 is 0 Å². The molecule has 0 saturated carbocycles. The van der Waals surface area contributed by atoms with Gasteiger partial charge in [0.25, 0.3) is 0 Å². The molecule has 1 aromatic carbocycles. The Balaban J connectivity index is 1.98. The van der Waals surface area contributed by atoms with E-state index in [2.05, 4.69) is 68.3 Å². The third-order valence-corrected chi connectivity index (χ3v) is 4.02. The highest BCUT2D eigenvalue weighted by molar-refractivity contribution is 5.74. The van der Waals surface area contributed by atoms with Crippen LogP contribution in [-0.4, -0.2) is 9.97 Å². The monoisotopic (exact) mass is 288 g/mol. The smallest absolute Gasteiger partial charge is 0.159 e. The Morgan fingerprint density at radius 1 is 0.909 bits per heavy atom. The molecule has 1 aliphatic carbocycles. The quantitative estimate of drug-likeness (QED) is 0.772. The van der Waals surface area contributed by atoms with Crippen molar-refractivity contribution >= 4 is 5.57 Å². The van der Waals surface area contributed by atoms with Crippen LogP contribution in [0, 0.1) is 13.8 Å². The first-order valence-corrected chi connectivity index (χ1v) is 7.59. The fraction of sp³-hybridized carbons (Fsp3) is 0.200. The van der Waals surface area contributed by atoms with Crippen molar-refractivity contribution in [2.24, 2.45) is 0 Å². The lowest BCUT2D eigenvalue weighted by Gasteiger charge is -2.07. The molecule has 0 N–H and O–H groups in total. The lowest BCUT2D eigenvalue weighted by Crippen LogP contribution is -1.94. The number of benzene rings is 1. The predicted octanol–water partition coefficient (Wildman–Crippen LogP) is 5.05. The van der Waals surface area contributed by atoms with E-state index in [1.807, 2.05) is 12.3 Å². The Bertz CT molecular complexity index is 795. The van der Waals surface area contributed by atoms with Gasteiger partial charge in [0.2, 0.25) is 0 Å². The van der Waals surface area contributed by atoms with Gasteiger partial charge in [0.05, 0.1) is 5.69 Å². The Kier molecular flexibility index (Phi) is 4.01. The summed E-state index contributed by atoms with van der Waals surface area (Å²) in [6.45, 7) is 6.36. The number of rotatable bonds is 2. The van der Waals surface area contributed by atoms with Crippen LogP contribution in [0.2, 0.25) is 0 Å². The number of hydrogen-bond donors (Lipinski definition) is 0. The van der Waals surface area contributed by atoms with Crippen molar-refractivity contribution in [3.63, 3.8) is 0 Å². The zero-order valence-corrected chi connectivity index (χ0v) is 13.3. The average Bonchev–Trinajstić information content (AvgIpc) is 2.75. The SMILES string of the molecule is CC1=CCC=C(c2ccnc(-c3ccc(C)c(C)c3)n2)C=C1. The van der Waals surface area contributed by atoms with Crippen molar-refractivity contribution in [3.05, 3.63) is 77.2 Å². The highest BCUT2D eigenvalue weighted by Crippen LogP contribution is 2.23. The molecule has 0 bridgehead atoms. The van der Waals surface area contributed by atoms with Crippen LogP contribution in [0.15, 0.2) is 60.3 Å². The minimum atomic E-state index is 0.781. The standard InChI is InChI=1S/C20H20N2/c1-14-5-4-6-17(9-7-14)19-11-12-21-20(22-19)18-10-8-15(2)16(3)13-18/h5-13H,4H2,1-3H3. The molecule has 2 heteroatoms. The van der Waals surface area contributed by atoms with E-state index in [-0.39, 0.29) is 0 Å². The summed E-state index contributed by atoms with van der Waals surface area (Å²) >= 11 is 0. The second kappa shape index (κ2) is 6.10. The molecule has 1 aliphatic rings. The van der Waals surface area contributed by atoms with Crippen LogP contribution in [0.3, 0.4) is 0 Å². The van der Waals surface area contributed by atoms with Gasteiger partial charge >= 0.3 is 0 Å². The van der Waals surface area contributed by atoms with E-state index < -0.39 is 0 Å². The van der Waals surface area contributed by atoms with E-state index >= 15 is 0 Å². The summed E-state index contributed by atoms with van der Waals surface area (Å²) in [6, 6.07) is 8.34.